The molecule has 0 heterocycles. The summed E-state index contributed by atoms with van der Waals surface area (Å²) < 4.78 is 0. The molecule has 0 aromatic heterocycles. The normalized spacial score (nSPS) is 13.0. The van der Waals surface area contributed by atoms with Crippen molar-refractivity contribution in [3.8, 4) is 33.4 Å². The van der Waals surface area contributed by atoms with Crippen molar-refractivity contribution in [2.45, 2.75) is 19.3 Å². The fraction of sp³-hybridized carbons (Fsp3) is 0.0638. The van der Waals surface area contributed by atoms with E-state index in [0.29, 0.717) is 0 Å². The monoisotopic (exact) mass is 613 g/mol. The zero-order valence-corrected chi connectivity index (χ0v) is 27.2. The number of benzene rings is 8. The second-order valence-corrected chi connectivity index (χ2v) is 13.4. The van der Waals surface area contributed by atoms with Gasteiger partial charge in [-0.05, 0) is 97.1 Å². The van der Waals surface area contributed by atoms with E-state index in [1.807, 2.05) is 0 Å². The highest BCUT2D eigenvalue weighted by Gasteiger charge is 2.37. The van der Waals surface area contributed by atoms with Crippen LogP contribution in [0.25, 0.3) is 54.9 Å². The van der Waals surface area contributed by atoms with Gasteiger partial charge in [0.1, 0.15) is 0 Å². The molecule has 0 radical (unpaired) electrons. The van der Waals surface area contributed by atoms with E-state index in [2.05, 4.69) is 195 Å². The quantitative estimate of drug-likeness (QED) is 0.187. The van der Waals surface area contributed by atoms with Crippen LogP contribution in [-0.2, 0) is 5.41 Å². The molecule has 1 heteroatoms. The number of fused-ring (bicyclic) bond motifs is 5. The van der Waals surface area contributed by atoms with Gasteiger partial charge in [0, 0.05) is 22.2 Å². The summed E-state index contributed by atoms with van der Waals surface area (Å²) in [5, 5.41) is 4.95. The maximum absolute atomic E-state index is 2.41. The van der Waals surface area contributed by atoms with Crippen molar-refractivity contribution in [3.05, 3.63) is 187 Å². The van der Waals surface area contributed by atoms with Gasteiger partial charge in [-0.25, -0.2) is 0 Å². The molecule has 0 spiro atoms. The molecule has 48 heavy (non-hydrogen) atoms. The summed E-state index contributed by atoms with van der Waals surface area (Å²) in [6.07, 6.45) is 0. The van der Waals surface area contributed by atoms with E-state index in [-0.39, 0.29) is 5.41 Å². The third-order valence-electron chi connectivity index (χ3n) is 10.2. The van der Waals surface area contributed by atoms with Gasteiger partial charge in [0.15, 0.2) is 0 Å². The summed E-state index contributed by atoms with van der Waals surface area (Å²) in [4.78, 5) is 2.41. The zero-order valence-electron chi connectivity index (χ0n) is 27.2. The van der Waals surface area contributed by atoms with Crippen LogP contribution < -0.4 is 4.90 Å². The predicted molar refractivity (Wildman–Crippen MR) is 205 cm³/mol. The van der Waals surface area contributed by atoms with Gasteiger partial charge < -0.3 is 4.90 Å². The molecular formula is C47H35N. The molecule has 0 saturated carbocycles. The molecule has 0 amide bonds. The number of hydrogen-bond donors (Lipinski definition) is 0. The highest BCUT2D eigenvalue weighted by Crippen LogP contribution is 2.52. The van der Waals surface area contributed by atoms with Crippen molar-refractivity contribution in [3.63, 3.8) is 0 Å². The summed E-state index contributed by atoms with van der Waals surface area (Å²) in [5.41, 5.74) is 13.8. The first-order chi connectivity index (χ1) is 23.6. The van der Waals surface area contributed by atoms with E-state index in [1.165, 1.54) is 66.1 Å². The second kappa shape index (κ2) is 11.1. The molecular weight excluding hydrogens is 579 g/mol. The first-order valence-corrected chi connectivity index (χ1v) is 16.8. The Morgan fingerprint density at radius 1 is 0.396 bits per heavy atom. The minimum absolute atomic E-state index is 0.0701. The summed E-state index contributed by atoms with van der Waals surface area (Å²) >= 11 is 0. The Morgan fingerprint density at radius 3 is 1.90 bits per heavy atom. The van der Waals surface area contributed by atoms with Crippen molar-refractivity contribution >= 4 is 38.6 Å². The number of anilines is 3. The zero-order chi connectivity index (χ0) is 32.2. The molecule has 8 aromatic carbocycles. The van der Waals surface area contributed by atoms with E-state index < -0.39 is 0 Å². The second-order valence-electron chi connectivity index (χ2n) is 13.4. The van der Waals surface area contributed by atoms with E-state index in [9.17, 15) is 0 Å². The van der Waals surface area contributed by atoms with Gasteiger partial charge in [-0.2, -0.15) is 0 Å². The highest BCUT2D eigenvalue weighted by molar-refractivity contribution is 5.99. The molecule has 0 saturated heterocycles. The third kappa shape index (κ3) is 4.54. The fourth-order valence-electron chi connectivity index (χ4n) is 7.90. The summed E-state index contributed by atoms with van der Waals surface area (Å²) in [6.45, 7) is 4.72. The molecule has 0 atom stereocenters. The van der Waals surface area contributed by atoms with Gasteiger partial charge in [0.05, 0.1) is 5.69 Å². The Hall–Kier alpha value is -5.92. The van der Waals surface area contributed by atoms with Crippen LogP contribution >= 0.6 is 0 Å². The van der Waals surface area contributed by atoms with Crippen LogP contribution in [0.5, 0.6) is 0 Å². The van der Waals surface area contributed by atoms with Gasteiger partial charge >= 0.3 is 0 Å². The molecule has 0 aliphatic heterocycles. The lowest BCUT2D eigenvalue weighted by Gasteiger charge is -2.28. The van der Waals surface area contributed by atoms with E-state index in [1.54, 1.807) is 0 Å². The molecule has 0 N–H and O–H groups in total. The molecule has 0 unspecified atom stereocenters. The van der Waals surface area contributed by atoms with Crippen molar-refractivity contribution in [2.24, 2.45) is 0 Å². The summed E-state index contributed by atoms with van der Waals surface area (Å²) in [5.74, 6) is 0. The van der Waals surface area contributed by atoms with Gasteiger partial charge in [-0.15, -0.1) is 0 Å². The Balaban J connectivity index is 1.18. The van der Waals surface area contributed by atoms with Crippen molar-refractivity contribution in [1.82, 2.24) is 0 Å². The number of nitrogens with zero attached hydrogens (tertiary/aromatic N) is 1. The van der Waals surface area contributed by atoms with Crippen LogP contribution in [0.4, 0.5) is 17.1 Å². The van der Waals surface area contributed by atoms with E-state index >= 15 is 0 Å². The molecule has 1 aliphatic carbocycles. The Labute approximate surface area is 282 Å². The maximum Gasteiger partial charge on any atom is 0.0540 e. The lowest BCUT2D eigenvalue weighted by molar-refractivity contribution is 0.662. The fourth-order valence-corrected chi connectivity index (χ4v) is 7.90. The standard InChI is InChI=1S/C47H35N/c1-47(2)44-22-8-7-19-42(44)43-21-11-20-41(46(43)47)34-26-28-38(29-27-34)48(45-23-10-15-33-13-5-6-18-40(33)45)39-17-9-16-36(31-39)37-25-24-32-12-3-4-14-35(32)30-37/h3-31H,1-2H3. The molecule has 228 valence electrons. The topological polar surface area (TPSA) is 3.24 Å². The highest BCUT2D eigenvalue weighted by atomic mass is 15.1. The predicted octanol–water partition coefficient (Wildman–Crippen LogP) is 13.1. The lowest BCUT2D eigenvalue weighted by Crippen LogP contribution is -2.16. The van der Waals surface area contributed by atoms with E-state index in [0.717, 1.165) is 17.1 Å². The first kappa shape index (κ1) is 28.3. The third-order valence-corrected chi connectivity index (χ3v) is 10.2. The van der Waals surface area contributed by atoms with Crippen LogP contribution in [0.1, 0.15) is 25.0 Å². The Bertz CT molecular complexity index is 2480. The van der Waals surface area contributed by atoms with Crippen LogP contribution in [0.3, 0.4) is 0 Å². The van der Waals surface area contributed by atoms with E-state index in [4.69, 9.17) is 0 Å². The average Bonchev–Trinajstić information content (AvgIpc) is 3.38. The first-order valence-electron chi connectivity index (χ1n) is 16.8. The molecule has 9 rings (SSSR count). The largest absolute Gasteiger partial charge is 0.310 e. The molecule has 1 nitrogen and oxygen atoms in total. The average molecular weight is 614 g/mol. The smallest absolute Gasteiger partial charge is 0.0540 e. The van der Waals surface area contributed by atoms with Crippen molar-refractivity contribution < 1.29 is 0 Å². The maximum atomic E-state index is 2.41. The molecule has 1 aliphatic rings. The minimum atomic E-state index is -0.0701. The van der Waals surface area contributed by atoms with Gasteiger partial charge in [-0.3, -0.25) is 0 Å². The van der Waals surface area contributed by atoms with Gasteiger partial charge in [0.25, 0.3) is 0 Å². The number of rotatable bonds is 5. The molecule has 0 bridgehead atoms. The number of hydrogen-bond acceptors (Lipinski definition) is 1. The van der Waals surface area contributed by atoms with Crippen molar-refractivity contribution in [2.75, 3.05) is 4.90 Å². The SMILES string of the molecule is CC1(C)c2ccccc2-c2cccc(-c3ccc(N(c4cccc(-c5ccc6ccccc6c5)c4)c4cccc5ccccc45)cc3)c21. The van der Waals surface area contributed by atoms with Crippen LogP contribution in [0.2, 0.25) is 0 Å². The molecule has 8 aromatic rings. The Morgan fingerprint density at radius 2 is 1.02 bits per heavy atom. The van der Waals surface area contributed by atoms with Crippen LogP contribution in [0.15, 0.2) is 176 Å². The Kier molecular flexibility index (Phi) is 6.55. The van der Waals surface area contributed by atoms with Gasteiger partial charge in [-0.1, -0.05) is 153 Å². The lowest BCUT2D eigenvalue weighted by atomic mass is 9.79. The molecule has 0 fully saturated rings. The summed E-state index contributed by atoms with van der Waals surface area (Å²) in [6, 6.07) is 64.4. The minimum Gasteiger partial charge on any atom is -0.310 e. The van der Waals surface area contributed by atoms with Crippen LogP contribution in [0, 0.1) is 0 Å². The van der Waals surface area contributed by atoms with Crippen LogP contribution in [-0.4, -0.2) is 0 Å². The summed E-state index contributed by atoms with van der Waals surface area (Å²) in [7, 11) is 0. The van der Waals surface area contributed by atoms with Gasteiger partial charge in [0.2, 0.25) is 0 Å². The van der Waals surface area contributed by atoms with Crippen molar-refractivity contribution in [1.29, 1.82) is 0 Å².